The van der Waals surface area contributed by atoms with E-state index in [2.05, 4.69) is 15.0 Å². The quantitative estimate of drug-likeness (QED) is 0.769. The largest absolute Gasteiger partial charge is 0.481 e. The van der Waals surface area contributed by atoms with Gasteiger partial charge in [-0.25, -0.2) is 4.98 Å². The Balaban J connectivity index is 1.90. The molecule has 3 rings (SSSR count). The lowest BCUT2D eigenvalue weighted by molar-refractivity contribution is -0.136. The summed E-state index contributed by atoms with van der Waals surface area (Å²) in [5.74, 6) is -0.666. The Morgan fingerprint density at radius 1 is 1.25 bits per heavy atom. The molecule has 0 radical (unpaired) electrons. The van der Waals surface area contributed by atoms with E-state index in [9.17, 15) is 9.59 Å². The highest BCUT2D eigenvalue weighted by molar-refractivity contribution is 5.84. The highest BCUT2D eigenvalue weighted by Gasteiger charge is 2.10. The van der Waals surface area contributed by atoms with Crippen LogP contribution >= 0.6 is 0 Å². The number of aryl methyl sites for hydroxylation is 1. The molecule has 0 aliphatic heterocycles. The van der Waals surface area contributed by atoms with Crippen LogP contribution in [0.3, 0.4) is 0 Å². The molecule has 0 aliphatic rings. The van der Waals surface area contributed by atoms with Crippen molar-refractivity contribution in [2.75, 3.05) is 0 Å². The Hall–Kier alpha value is -3.28. The first kappa shape index (κ1) is 15.6. The van der Waals surface area contributed by atoms with Crippen LogP contribution < -0.4 is 5.56 Å². The molecule has 0 atom stereocenters. The predicted molar refractivity (Wildman–Crippen MR) is 91.6 cm³/mol. The minimum atomic E-state index is -1.06. The van der Waals surface area contributed by atoms with Crippen molar-refractivity contribution in [2.45, 2.75) is 13.3 Å². The SMILES string of the molecule is Cc1nc(/C=C/c2ccc3cnccc3c2)[nH]c(=O)c1CC(=O)O. The van der Waals surface area contributed by atoms with Crippen molar-refractivity contribution in [2.24, 2.45) is 0 Å². The number of carboxylic acid groups (broad SMARTS) is 1. The van der Waals surface area contributed by atoms with Crippen LogP contribution in [0.4, 0.5) is 0 Å². The van der Waals surface area contributed by atoms with Crippen LogP contribution in [0.2, 0.25) is 0 Å². The van der Waals surface area contributed by atoms with E-state index in [0.717, 1.165) is 16.3 Å². The molecule has 120 valence electrons. The molecule has 2 N–H and O–H groups in total. The summed E-state index contributed by atoms with van der Waals surface area (Å²) in [5, 5.41) is 10.9. The molecule has 0 aliphatic carbocycles. The number of aromatic amines is 1. The zero-order valence-corrected chi connectivity index (χ0v) is 13.0. The van der Waals surface area contributed by atoms with E-state index in [1.807, 2.05) is 30.3 Å². The number of nitrogens with zero attached hydrogens (tertiary/aromatic N) is 2. The van der Waals surface area contributed by atoms with Gasteiger partial charge in [0.15, 0.2) is 0 Å². The molecule has 0 unspecified atom stereocenters. The first-order valence-electron chi connectivity index (χ1n) is 7.36. The van der Waals surface area contributed by atoms with Crippen molar-refractivity contribution in [3.63, 3.8) is 0 Å². The lowest BCUT2D eigenvalue weighted by Crippen LogP contribution is -2.20. The van der Waals surface area contributed by atoms with Gasteiger partial charge in [-0.3, -0.25) is 14.6 Å². The summed E-state index contributed by atoms with van der Waals surface area (Å²) in [6, 6.07) is 7.86. The third-order valence-corrected chi connectivity index (χ3v) is 3.67. The maximum Gasteiger partial charge on any atom is 0.308 e. The summed E-state index contributed by atoms with van der Waals surface area (Å²) >= 11 is 0. The first-order valence-corrected chi connectivity index (χ1v) is 7.36. The summed E-state index contributed by atoms with van der Waals surface area (Å²) < 4.78 is 0. The number of aliphatic carboxylic acids is 1. The van der Waals surface area contributed by atoms with Gasteiger partial charge in [-0.15, -0.1) is 0 Å². The number of pyridine rings is 1. The van der Waals surface area contributed by atoms with Gasteiger partial charge in [-0.1, -0.05) is 18.2 Å². The Morgan fingerprint density at radius 3 is 2.83 bits per heavy atom. The van der Waals surface area contributed by atoms with Crippen LogP contribution in [0.1, 0.15) is 22.6 Å². The van der Waals surface area contributed by atoms with E-state index in [-0.39, 0.29) is 12.0 Å². The molecule has 0 amide bonds. The van der Waals surface area contributed by atoms with E-state index in [4.69, 9.17) is 5.11 Å². The second kappa shape index (κ2) is 6.45. The molecule has 0 spiro atoms. The second-order valence-electron chi connectivity index (χ2n) is 5.40. The number of carbonyl (C=O) groups is 1. The summed E-state index contributed by atoms with van der Waals surface area (Å²) in [6.07, 6.45) is 6.73. The van der Waals surface area contributed by atoms with E-state index >= 15 is 0 Å². The Bertz CT molecular complexity index is 1010. The van der Waals surface area contributed by atoms with Gasteiger partial charge in [0.2, 0.25) is 0 Å². The summed E-state index contributed by atoms with van der Waals surface area (Å²) in [7, 11) is 0. The van der Waals surface area contributed by atoms with Crippen LogP contribution in [-0.2, 0) is 11.2 Å². The number of rotatable bonds is 4. The van der Waals surface area contributed by atoms with Crippen LogP contribution in [0.25, 0.3) is 22.9 Å². The van der Waals surface area contributed by atoms with Gasteiger partial charge in [0.05, 0.1) is 6.42 Å². The first-order chi connectivity index (χ1) is 11.5. The van der Waals surface area contributed by atoms with Crippen molar-refractivity contribution in [1.29, 1.82) is 0 Å². The fourth-order valence-electron chi connectivity index (χ4n) is 2.45. The molecule has 0 bridgehead atoms. The molecule has 2 aromatic heterocycles. The van der Waals surface area contributed by atoms with Gasteiger partial charge in [0.25, 0.3) is 5.56 Å². The van der Waals surface area contributed by atoms with Gasteiger partial charge in [0.1, 0.15) is 5.82 Å². The van der Waals surface area contributed by atoms with Crippen LogP contribution in [-0.4, -0.2) is 26.0 Å². The molecule has 3 aromatic rings. The average molecular weight is 321 g/mol. The molecular weight excluding hydrogens is 306 g/mol. The van der Waals surface area contributed by atoms with Gasteiger partial charge in [0, 0.05) is 29.0 Å². The number of aromatic nitrogens is 3. The Kier molecular flexibility index (Phi) is 4.20. The van der Waals surface area contributed by atoms with Crippen LogP contribution in [0.5, 0.6) is 0 Å². The molecule has 6 nitrogen and oxygen atoms in total. The third-order valence-electron chi connectivity index (χ3n) is 3.67. The van der Waals surface area contributed by atoms with Crippen molar-refractivity contribution >= 4 is 28.9 Å². The number of carboxylic acids is 1. The maximum absolute atomic E-state index is 12.0. The van der Waals surface area contributed by atoms with Crippen molar-refractivity contribution in [3.05, 3.63) is 69.7 Å². The molecule has 6 heteroatoms. The smallest absolute Gasteiger partial charge is 0.308 e. The molecule has 24 heavy (non-hydrogen) atoms. The fraction of sp³-hybridized carbons (Fsp3) is 0.111. The molecule has 1 aromatic carbocycles. The Morgan fingerprint density at radius 2 is 2.08 bits per heavy atom. The van der Waals surface area contributed by atoms with Gasteiger partial charge < -0.3 is 10.1 Å². The third kappa shape index (κ3) is 3.38. The van der Waals surface area contributed by atoms with Gasteiger partial charge in [-0.2, -0.15) is 0 Å². The monoisotopic (exact) mass is 321 g/mol. The molecule has 0 saturated carbocycles. The number of hydrogen-bond donors (Lipinski definition) is 2. The van der Waals surface area contributed by atoms with Crippen molar-refractivity contribution in [1.82, 2.24) is 15.0 Å². The number of nitrogens with one attached hydrogen (secondary N) is 1. The van der Waals surface area contributed by atoms with E-state index < -0.39 is 11.5 Å². The lowest BCUT2D eigenvalue weighted by atomic mass is 10.1. The van der Waals surface area contributed by atoms with Gasteiger partial charge in [-0.05, 0) is 36.1 Å². The van der Waals surface area contributed by atoms with Crippen molar-refractivity contribution in [3.8, 4) is 0 Å². The summed E-state index contributed by atoms with van der Waals surface area (Å²) in [5.41, 5.74) is 1.14. The summed E-state index contributed by atoms with van der Waals surface area (Å²) in [6.45, 7) is 1.63. The minimum absolute atomic E-state index is 0.179. The zero-order valence-electron chi connectivity index (χ0n) is 13.0. The standard InChI is InChI=1S/C18H15N3O3/c1-11-15(9-17(22)23)18(24)21-16(20-11)5-3-12-2-4-14-10-19-7-6-13(14)8-12/h2-8,10H,9H2,1H3,(H,22,23)(H,20,21,24)/b5-3+. The predicted octanol–water partition coefficient (Wildman–Crippen LogP) is 2.42. The van der Waals surface area contributed by atoms with Crippen molar-refractivity contribution < 1.29 is 9.90 Å². The Labute approximate surface area is 137 Å². The minimum Gasteiger partial charge on any atom is -0.481 e. The number of hydrogen-bond acceptors (Lipinski definition) is 4. The highest BCUT2D eigenvalue weighted by Crippen LogP contribution is 2.16. The normalized spacial score (nSPS) is 11.2. The lowest BCUT2D eigenvalue weighted by Gasteiger charge is -2.03. The van der Waals surface area contributed by atoms with E-state index in [1.54, 1.807) is 25.4 Å². The van der Waals surface area contributed by atoms with E-state index in [0.29, 0.717) is 11.5 Å². The van der Waals surface area contributed by atoms with Crippen LogP contribution in [0, 0.1) is 6.92 Å². The molecule has 0 saturated heterocycles. The zero-order chi connectivity index (χ0) is 17.1. The topological polar surface area (TPSA) is 95.9 Å². The summed E-state index contributed by atoms with van der Waals surface area (Å²) in [4.78, 5) is 33.7. The number of benzene rings is 1. The van der Waals surface area contributed by atoms with E-state index in [1.165, 1.54) is 0 Å². The second-order valence-corrected chi connectivity index (χ2v) is 5.40. The fourth-order valence-corrected chi connectivity index (χ4v) is 2.45. The molecular formula is C18H15N3O3. The highest BCUT2D eigenvalue weighted by atomic mass is 16.4. The molecule has 2 heterocycles. The number of H-pyrrole nitrogens is 1. The van der Waals surface area contributed by atoms with Crippen LogP contribution in [0.15, 0.2) is 41.5 Å². The maximum atomic E-state index is 12.0. The average Bonchev–Trinajstić information content (AvgIpc) is 2.56. The molecule has 0 fully saturated rings. The van der Waals surface area contributed by atoms with Gasteiger partial charge >= 0.3 is 5.97 Å². The number of fused-ring (bicyclic) bond motifs is 1.